The van der Waals surface area contributed by atoms with Gasteiger partial charge in [0.2, 0.25) is 0 Å². The van der Waals surface area contributed by atoms with Crippen molar-refractivity contribution in [2.75, 3.05) is 6.61 Å². The van der Waals surface area contributed by atoms with E-state index in [9.17, 15) is 5.11 Å². The highest BCUT2D eigenvalue weighted by Crippen LogP contribution is 2.37. The minimum atomic E-state index is -0.519. The highest BCUT2D eigenvalue weighted by Gasteiger charge is 2.31. The van der Waals surface area contributed by atoms with Gasteiger partial charge in [-0.15, -0.1) is 0 Å². The van der Waals surface area contributed by atoms with Crippen LogP contribution < -0.4 is 4.74 Å². The van der Waals surface area contributed by atoms with E-state index in [1.165, 1.54) is 5.56 Å². The molecule has 0 bridgehead atoms. The van der Waals surface area contributed by atoms with Crippen LogP contribution in [0.1, 0.15) is 50.3 Å². The van der Waals surface area contributed by atoms with Crippen LogP contribution in [0.5, 0.6) is 5.75 Å². The van der Waals surface area contributed by atoms with Crippen LogP contribution in [0.4, 0.5) is 0 Å². The van der Waals surface area contributed by atoms with Gasteiger partial charge in [0.1, 0.15) is 17.5 Å². The SMILES string of the molecule is CC1(C)Cc2cc(C(O)C3CCCCO3)ccc2O1. The van der Waals surface area contributed by atoms with Crippen molar-refractivity contribution in [2.45, 2.75) is 57.3 Å². The number of ether oxygens (including phenoxy) is 2. The van der Waals surface area contributed by atoms with Crippen molar-refractivity contribution in [1.29, 1.82) is 0 Å². The second-order valence-electron chi connectivity index (χ2n) is 6.26. The molecule has 1 fully saturated rings. The molecule has 0 radical (unpaired) electrons. The lowest BCUT2D eigenvalue weighted by Crippen LogP contribution is -2.26. The highest BCUT2D eigenvalue weighted by atomic mass is 16.5. The molecular formula is C16H22O3. The Hall–Kier alpha value is -1.06. The third kappa shape index (κ3) is 2.63. The molecule has 0 aromatic heterocycles. The molecule has 0 saturated carbocycles. The molecule has 2 aliphatic heterocycles. The molecule has 1 saturated heterocycles. The van der Waals surface area contributed by atoms with Crippen LogP contribution in [0.3, 0.4) is 0 Å². The topological polar surface area (TPSA) is 38.7 Å². The van der Waals surface area contributed by atoms with Crippen molar-refractivity contribution in [1.82, 2.24) is 0 Å². The van der Waals surface area contributed by atoms with E-state index >= 15 is 0 Å². The van der Waals surface area contributed by atoms with Gasteiger partial charge < -0.3 is 14.6 Å². The number of hydrogen-bond acceptors (Lipinski definition) is 3. The molecule has 19 heavy (non-hydrogen) atoms. The molecule has 2 unspecified atom stereocenters. The van der Waals surface area contributed by atoms with Gasteiger partial charge in [-0.25, -0.2) is 0 Å². The van der Waals surface area contributed by atoms with Crippen molar-refractivity contribution in [2.24, 2.45) is 0 Å². The Kier molecular flexibility index (Phi) is 3.27. The lowest BCUT2D eigenvalue weighted by Gasteiger charge is -2.27. The second kappa shape index (κ2) is 4.80. The molecule has 1 aromatic carbocycles. The number of aliphatic hydroxyl groups is 1. The van der Waals surface area contributed by atoms with Gasteiger partial charge in [0, 0.05) is 13.0 Å². The predicted molar refractivity (Wildman–Crippen MR) is 73.4 cm³/mol. The second-order valence-corrected chi connectivity index (χ2v) is 6.26. The van der Waals surface area contributed by atoms with Gasteiger partial charge in [0.05, 0.1) is 6.10 Å². The fourth-order valence-corrected chi connectivity index (χ4v) is 3.04. The Balaban J connectivity index is 1.79. The first-order valence-electron chi connectivity index (χ1n) is 7.17. The molecule has 2 atom stereocenters. The van der Waals surface area contributed by atoms with Gasteiger partial charge in [-0.1, -0.05) is 6.07 Å². The number of fused-ring (bicyclic) bond motifs is 1. The number of hydrogen-bond donors (Lipinski definition) is 1. The van der Waals surface area contributed by atoms with Crippen molar-refractivity contribution in [3.63, 3.8) is 0 Å². The van der Waals surface area contributed by atoms with E-state index in [0.29, 0.717) is 0 Å². The van der Waals surface area contributed by atoms with Crippen LogP contribution in [0.2, 0.25) is 0 Å². The summed E-state index contributed by atoms with van der Waals surface area (Å²) in [6.45, 7) is 4.95. The van der Waals surface area contributed by atoms with Gasteiger partial charge in [-0.3, -0.25) is 0 Å². The minimum Gasteiger partial charge on any atom is -0.487 e. The summed E-state index contributed by atoms with van der Waals surface area (Å²) in [7, 11) is 0. The summed E-state index contributed by atoms with van der Waals surface area (Å²) in [6, 6.07) is 6.01. The van der Waals surface area contributed by atoms with Crippen LogP contribution in [0.15, 0.2) is 18.2 Å². The van der Waals surface area contributed by atoms with Crippen LogP contribution in [-0.2, 0) is 11.2 Å². The molecule has 3 nitrogen and oxygen atoms in total. The molecule has 2 heterocycles. The van der Waals surface area contributed by atoms with Crippen LogP contribution in [-0.4, -0.2) is 23.4 Å². The molecule has 0 spiro atoms. The summed E-state index contributed by atoms with van der Waals surface area (Å²) >= 11 is 0. The molecule has 0 aliphatic carbocycles. The summed E-state index contributed by atoms with van der Waals surface area (Å²) in [6.07, 6.45) is 3.52. The highest BCUT2D eigenvalue weighted by molar-refractivity contribution is 5.42. The molecule has 3 heteroatoms. The summed E-state index contributed by atoms with van der Waals surface area (Å²) in [5, 5.41) is 10.4. The lowest BCUT2D eigenvalue weighted by molar-refractivity contribution is -0.0633. The molecule has 104 valence electrons. The summed E-state index contributed by atoms with van der Waals surface area (Å²) in [5.74, 6) is 0.950. The standard InChI is InChI=1S/C16H22O3/c1-16(2)10-12-9-11(6-7-13(12)19-16)15(17)14-5-3-4-8-18-14/h6-7,9,14-15,17H,3-5,8,10H2,1-2H3. The summed E-state index contributed by atoms with van der Waals surface area (Å²) < 4.78 is 11.5. The van der Waals surface area contributed by atoms with Crippen LogP contribution in [0.25, 0.3) is 0 Å². The van der Waals surface area contributed by atoms with Gasteiger partial charge >= 0.3 is 0 Å². The van der Waals surface area contributed by atoms with Crippen molar-refractivity contribution in [3.8, 4) is 5.75 Å². The smallest absolute Gasteiger partial charge is 0.123 e. The first kappa shape index (κ1) is 12.9. The maximum atomic E-state index is 10.4. The van der Waals surface area contributed by atoms with Crippen molar-refractivity contribution >= 4 is 0 Å². The van der Waals surface area contributed by atoms with E-state index in [1.807, 2.05) is 12.1 Å². The van der Waals surface area contributed by atoms with Gasteiger partial charge in [0.25, 0.3) is 0 Å². The fourth-order valence-electron chi connectivity index (χ4n) is 3.04. The molecule has 2 aliphatic rings. The minimum absolute atomic E-state index is 0.0536. The zero-order valence-corrected chi connectivity index (χ0v) is 11.7. The average molecular weight is 262 g/mol. The number of benzene rings is 1. The zero-order chi connectivity index (χ0) is 13.5. The maximum Gasteiger partial charge on any atom is 0.123 e. The number of rotatable bonds is 2. The average Bonchev–Trinajstić information content (AvgIpc) is 2.71. The molecule has 0 amide bonds. The van der Waals surface area contributed by atoms with E-state index < -0.39 is 6.10 Å². The van der Waals surface area contributed by atoms with E-state index in [4.69, 9.17) is 9.47 Å². The Morgan fingerprint density at radius 3 is 2.89 bits per heavy atom. The van der Waals surface area contributed by atoms with E-state index in [1.54, 1.807) is 0 Å². The predicted octanol–water partition coefficient (Wildman–Crippen LogP) is 3.00. The van der Waals surface area contributed by atoms with E-state index in [-0.39, 0.29) is 11.7 Å². The Bertz CT molecular complexity index is 461. The molecule has 1 N–H and O–H groups in total. The quantitative estimate of drug-likeness (QED) is 0.890. The third-order valence-electron chi connectivity index (χ3n) is 4.00. The van der Waals surface area contributed by atoms with Crippen molar-refractivity contribution < 1.29 is 14.6 Å². The summed E-state index contributed by atoms with van der Waals surface area (Å²) in [4.78, 5) is 0. The Labute approximate surface area is 114 Å². The molecular weight excluding hydrogens is 240 g/mol. The van der Waals surface area contributed by atoms with E-state index in [0.717, 1.165) is 43.6 Å². The van der Waals surface area contributed by atoms with E-state index in [2.05, 4.69) is 19.9 Å². The first-order chi connectivity index (χ1) is 9.05. The third-order valence-corrected chi connectivity index (χ3v) is 4.00. The summed E-state index contributed by atoms with van der Waals surface area (Å²) in [5.41, 5.74) is 2.01. The fraction of sp³-hybridized carbons (Fsp3) is 0.625. The lowest BCUT2D eigenvalue weighted by atomic mass is 9.95. The van der Waals surface area contributed by atoms with Gasteiger partial charge in [0.15, 0.2) is 0 Å². The van der Waals surface area contributed by atoms with Crippen LogP contribution >= 0.6 is 0 Å². The zero-order valence-electron chi connectivity index (χ0n) is 11.7. The largest absolute Gasteiger partial charge is 0.487 e. The maximum absolute atomic E-state index is 10.4. The molecule has 3 rings (SSSR count). The van der Waals surface area contributed by atoms with Crippen molar-refractivity contribution in [3.05, 3.63) is 29.3 Å². The Morgan fingerprint density at radius 2 is 2.16 bits per heavy atom. The monoisotopic (exact) mass is 262 g/mol. The van der Waals surface area contributed by atoms with Crippen LogP contribution in [0, 0.1) is 0 Å². The normalized spacial score (nSPS) is 26.6. The Morgan fingerprint density at radius 1 is 1.32 bits per heavy atom. The molecule has 1 aromatic rings. The van der Waals surface area contributed by atoms with Gasteiger partial charge in [-0.05, 0) is 56.4 Å². The van der Waals surface area contributed by atoms with Gasteiger partial charge in [-0.2, -0.15) is 0 Å². The first-order valence-corrected chi connectivity index (χ1v) is 7.17. The number of aliphatic hydroxyl groups excluding tert-OH is 1.